The largest absolute Gasteiger partial charge is 0.390 e. The van der Waals surface area contributed by atoms with Gasteiger partial charge in [0, 0.05) is 6.54 Å². The van der Waals surface area contributed by atoms with Crippen molar-refractivity contribution in [1.82, 2.24) is 0 Å². The standard InChI is InChI=1S/C6H14N2O3.2ClH/c7-2-5-4(9)1-3(8)6(10)11-5;;/h3-6,9-10H,1-2,7-8H2;2*1H/t3-,4+,5-,6?;;/m1../s1. The zero-order valence-electron chi connectivity index (χ0n) is 7.00. The average molecular weight is 235 g/mol. The van der Waals surface area contributed by atoms with Gasteiger partial charge in [-0.15, -0.1) is 24.8 Å². The van der Waals surface area contributed by atoms with Crippen molar-refractivity contribution in [2.24, 2.45) is 11.5 Å². The molecule has 1 aliphatic heterocycles. The second-order valence-corrected chi connectivity index (χ2v) is 2.77. The highest BCUT2D eigenvalue weighted by molar-refractivity contribution is 5.85. The van der Waals surface area contributed by atoms with E-state index in [0.29, 0.717) is 6.42 Å². The first-order valence-corrected chi connectivity index (χ1v) is 3.62. The van der Waals surface area contributed by atoms with E-state index in [2.05, 4.69) is 0 Å². The molecule has 0 aliphatic carbocycles. The number of hydrogen-bond acceptors (Lipinski definition) is 5. The van der Waals surface area contributed by atoms with Crippen molar-refractivity contribution in [3.05, 3.63) is 0 Å². The van der Waals surface area contributed by atoms with Crippen molar-refractivity contribution < 1.29 is 14.9 Å². The van der Waals surface area contributed by atoms with Crippen LogP contribution in [0.4, 0.5) is 0 Å². The van der Waals surface area contributed by atoms with E-state index in [1.54, 1.807) is 0 Å². The molecule has 0 spiro atoms. The maximum Gasteiger partial charge on any atom is 0.170 e. The van der Waals surface area contributed by atoms with Gasteiger partial charge in [0.2, 0.25) is 0 Å². The zero-order valence-corrected chi connectivity index (χ0v) is 8.63. The van der Waals surface area contributed by atoms with Gasteiger partial charge in [-0.1, -0.05) is 0 Å². The first-order valence-electron chi connectivity index (χ1n) is 3.62. The molecule has 1 aliphatic rings. The molecule has 0 aromatic heterocycles. The second-order valence-electron chi connectivity index (χ2n) is 2.77. The smallest absolute Gasteiger partial charge is 0.170 e. The highest BCUT2D eigenvalue weighted by atomic mass is 35.5. The SMILES string of the molecule is Cl.Cl.NC[C@H]1OC(O)[C@H](N)C[C@@H]1O. The summed E-state index contributed by atoms with van der Waals surface area (Å²) in [6, 6.07) is -0.507. The summed E-state index contributed by atoms with van der Waals surface area (Å²) in [6.45, 7) is 0.199. The Hall–Kier alpha value is 0.380. The summed E-state index contributed by atoms with van der Waals surface area (Å²) in [6.07, 6.45) is -1.79. The molecule has 1 saturated heterocycles. The minimum Gasteiger partial charge on any atom is -0.390 e. The molecule has 82 valence electrons. The minimum absolute atomic E-state index is 0. The van der Waals surface area contributed by atoms with Crippen LogP contribution in [-0.4, -0.2) is 41.3 Å². The van der Waals surface area contributed by atoms with E-state index in [1.165, 1.54) is 0 Å². The summed E-state index contributed by atoms with van der Waals surface area (Å²) in [5.41, 5.74) is 10.7. The number of hydrogen-bond donors (Lipinski definition) is 4. The first kappa shape index (κ1) is 15.8. The third kappa shape index (κ3) is 3.95. The summed E-state index contributed by atoms with van der Waals surface area (Å²) in [7, 11) is 0. The highest BCUT2D eigenvalue weighted by Crippen LogP contribution is 2.16. The van der Waals surface area contributed by atoms with Crippen LogP contribution in [0.2, 0.25) is 0 Å². The highest BCUT2D eigenvalue weighted by Gasteiger charge is 2.33. The Morgan fingerprint density at radius 2 is 1.85 bits per heavy atom. The van der Waals surface area contributed by atoms with E-state index in [0.717, 1.165) is 0 Å². The van der Waals surface area contributed by atoms with E-state index in [9.17, 15) is 5.11 Å². The van der Waals surface area contributed by atoms with Crippen LogP contribution in [0.3, 0.4) is 0 Å². The molecule has 1 rings (SSSR count). The molecule has 6 N–H and O–H groups in total. The van der Waals surface area contributed by atoms with Gasteiger partial charge in [-0.2, -0.15) is 0 Å². The molecule has 7 heteroatoms. The lowest BCUT2D eigenvalue weighted by atomic mass is 10.0. The maximum absolute atomic E-state index is 9.26. The molecule has 4 atom stereocenters. The van der Waals surface area contributed by atoms with Crippen molar-refractivity contribution >= 4 is 24.8 Å². The van der Waals surface area contributed by atoms with Crippen molar-refractivity contribution in [3.8, 4) is 0 Å². The lowest BCUT2D eigenvalue weighted by Crippen LogP contribution is -2.53. The zero-order chi connectivity index (χ0) is 8.43. The van der Waals surface area contributed by atoms with Gasteiger partial charge in [0.1, 0.15) is 0 Å². The third-order valence-electron chi connectivity index (χ3n) is 1.86. The Morgan fingerprint density at radius 1 is 1.31 bits per heavy atom. The summed E-state index contributed by atoms with van der Waals surface area (Å²) in [5, 5.41) is 18.3. The fraction of sp³-hybridized carbons (Fsp3) is 1.00. The minimum atomic E-state index is -0.994. The summed E-state index contributed by atoms with van der Waals surface area (Å²) < 4.78 is 4.92. The summed E-state index contributed by atoms with van der Waals surface area (Å²) in [5.74, 6) is 0. The maximum atomic E-state index is 9.26. The normalized spacial score (nSPS) is 38.8. The molecular formula is C6H16Cl2N2O3. The Balaban J connectivity index is 0. The molecule has 0 bridgehead atoms. The van der Waals surface area contributed by atoms with Gasteiger partial charge in [-0.25, -0.2) is 0 Å². The molecule has 0 saturated carbocycles. The summed E-state index contributed by atoms with van der Waals surface area (Å²) >= 11 is 0. The van der Waals surface area contributed by atoms with Crippen molar-refractivity contribution in [3.63, 3.8) is 0 Å². The van der Waals surface area contributed by atoms with Crippen LogP contribution in [0.25, 0.3) is 0 Å². The van der Waals surface area contributed by atoms with Crippen LogP contribution in [0, 0.1) is 0 Å². The number of ether oxygens (including phenoxy) is 1. The van der Waals surface area contributed by atoms with Gasteiger partial charge in [0.05, 0.1) is 18.2 Å². The van der Waals surface area contributed by atoms with E-state index in [-0.39, 0.29) is 31.4 Å². The lowest BCUT2D eigenvalue weighted by Gasteiger charge is -2.34. The Kier molecular flexibility index (Phi) is 8.26. The van der Waals surface area contributed by atoms with Gasteiger partial charge in [0.25, 0.3) is 0 Å². The predicted molar refractivity (Wildman–Crippen MR) is 53.0 cm³/mol. The van der Waals surface area contributed by atoms with E-state index in [1.807, 2.05) is 0 Å². The molecule has 5 nitrogen and oxygen atoms in total. The molecule has 0 radical (unpaired) electrons. The number of aliphatic hydroxyl groups is 2. The molecule has 1 heterocycles. The lowest BCUT2D eigenvalue weighted by molar-refractivity contribution is -0.204. The summed E-state index contributed by atoms with van der Waals surface area (Å²) in [4.78, 5) is 0. The molecule has 1 unspecified atom stereocenters. The van der Waals surface area contributed by atoms with Gasteiger partial charge in [-0.3, -0.25) is 0 Å². The van der Waals surface area contributed by atoms with Crippen LogP contribution < -0.4 is 11.5 Å². The number of rotatable bonds is 1. The predicted octanol–water partition coefficient (Wildman–Crippen LogP) is -1.42. The average Bonchev–Trinajstić information content (AvgIpc) is 1.97. The van der Waals surface area contributed by atoms with Gasteiger partial charge in [-0.05, 0) is 6.42 Å². The van der Waals surface area contributed by atoms with Gasteiger partial charge < -0.3 is 26.4 Å². The van der Waals surface area contributed by atoms with Crippen LogP contribution in [0.5, 0.6) is 0 Å². The molecule has 0 aromatic rings. The van der Waals surface area contributed by atoms with E-state index in [4.69, 9.17) is 21.3 Å². The number of nitrogens with two attached hydrogens (primary N) is 2. The quantitative estimate of drug-likeness (QED) is 0.447. The fourth-order valence-corrected chi connectivity index (χ4v) is 1.13. The Labute approximate surface area is 89.2 Å². The fourth-order valence-electron chi connectivity index (χ4n) is 1.13. The van der Waals surface area contributed by atoms with E-state index < -0.39 is 24.5 Å². The molecule has 13 heavy (non-hydrogen) atoms. The Morgan fingerprint density at radius 3 is 2.31 bits per heavy atom. The van der Waals surface area contributed by atoms with Crippen LogP contribution in [0.15, 0.2) is 0 Å². The number of halogens is 2. The first-order chi connectivity index (χ1) is 5.15. The molecule has 0 aromatic carbocycles. The Bertz CT molecular complexity index is 141. The van der Waals surface area contributed by atoms with E-state index >= 15 is 0 Å². The number of aliphatic hydroxyl groups excluding tert-OH is 2. The van der Waals surface area contributed by atoms with Gasteiger partial charge in [0.15, 0.2) is 6.29 Å². The van der Waals surface area contributed by atoms with Crippen molar-refractivity contribution in [2.75, 3.05) is 6.54 Å². The molecule has 1 fully saturated rings. The monoisotopic (exact) mass is 234 g/mol. The van der Waals surface area contributed by atoms with Crippen LogP contribution in [-0.2, 0) is 4.74 Å². The second kappa shape index (κ2) is 6.78. The van der Waals surface area contributed by atoms with Gasteiger partial charge >= 0.3 is 0 Å². The molecule has 0 amide bonds. The topological polar surface area (TPSA) is 102 Å². The van der Waals surface area contributed by atoms with Crippen molar-refractivity contribution in [1.29, 1.82) is 0 Å². The molecular weight excluding hydrogens is 219 g/mol. The van der Waals surface area contributed by atoms with Crippen molar-refractivity contribution in [2.45, 2.75) is 31.0 Å². The van der Waals surface area contributed by atoms with Crippen LogP contribution in [0.1, 0.15) is 6.42 Å². The van der Waals surface area contributed by atoms with Crippen LogP contribution >= 0.6 is 24.8 Å². The third-order valence-corrected chi connectivity index (χ3v) is 1.86.